The zero-order valence-electron chi connectivity index (χ0n) is 4.72. The summed E-state index contributed by atoms with van der Waals surface area (Å²) in [7, 11) is 0. The summed E-state index contributed by atoms with van der Waals surface area (Å²) >= 11 is 0. The molecular weight excluding hydrogens is 98.1 g/mol. The third-order valence-electron chi connectivity index (χ3n) is 1.66. The lowest BCUT2D eigenvalue weighted by Crippen LogP contribution is -2.05. The standard InChI is InChI=1S/C7H9N/c1-2-4-8-7-5-6(7)3-1/h2-4,7-8H,1,5H2. The summed E-state index contributed by atoms with van der Waals surface area (Å²) in [4.78, 5) is 0. The summed E-state index contributed by atoms with van der Waals surface area (Å²) in [5, 5.41) is 3.27. The molecule has 42 valence electrons. The van der Waals surface area contributed by atoms with Crippen molar-refractivity contribution in [3.8, 4) is 0 Å². The summed E-state index contributed by atoms with van der Waals surface area (Å²) in [6.45, 7) is 0. The van der Waals surface area contributed by atoms with Crippen molar-refractivity contribution in [1.29, 1.82) is 0 Å². The molecule has 2 aliphatic rings. The Labute approximate surface area is 49.1 Å². The Bertz CT molecular complexity index is 156. The van der Waals surface area contributed by atoms with Crippen LogP contribution in [0, 0.1) is 0 Å². The van der Waals surface area contributed by atoms with Crippen molar-refractivity contribution in [1.82, 2.24) is 5.32 Å². The maximum Gasteiger partial charge on any atom is 0.0507 e. The van der Waals surface area contributed by atoms with Gasteiger partial charge in [-0.2, -0.15) is 0 Å². The summed E-state index contributed by atoms with van der Waals surface area (Å²) < 4.78 is 0. The molecule has 0 aromatic carbocycles. The van der Waals surface area contributed by atoms with Crippen LogP contribution in [-0.2, 0) is 0 Å². The quantitative estimate of drug-likeness (QED) is 0.458. The van der Waals surface area contributed by atoms with Crippen molar-refractivity contribution in [2.75, 3.05) is 0 Å². The molecule has 1 aliphatic heterocycles. The molecule has 1 aliphatic carbocycles. The Morgan fingerprint density at radius 2 is 2.62 bits per heavy atom. The van der Waals surface area contributed by atoms with Gasteiger partial charge < -0.3 is 5.32 Å². The molecule has 0 amide bonds. The molecule has 1 N–H and O–H groups in total. The Balaban J connectivity index is 2.17. The fourth-order valence-corrected chi connectivity index (χ4v) is 1.04. The van der Waals surface area contributed by atoms with Gasteiger partial charge in [0, 0.05) is 0 Å². The highest BCUT2D eigenvalue weighted by molar-refractivity contribution is 5.31. The predicted octanol–water partition coefficient (Wildman–Crippen LogP) is 1.19. The van der Waals surface area contributed by atoms with Crippen LogP contribution in [0.15, 0.2) is 23.9 Å². The van der Waals surface area contributed by atoms with Crippen LogP contribution in [0.2, 0.25) is 0 Å². The van der Waals surface area contributed by atoms with E-state index in [4.69, 9.17) is 0 Å². The second kappa shape index (κ2) is 1.38. The van der Waals surface area contributed by atoms with Gasteiger partial charge in [0.15, 0.2) is 0 Å². The normalized spacial score (nSPS) is 32.0. The minimum absolute atomic E-state index is 0.716. The van der Waals surface area contributed by atoms with Crippen LogP contribution in [0.1, 0.15) is 12.8 Å². The second-order valence-electron chi connectivity index (χ2n) is 2.34. The highest BCUT2D eigenvalue weighted by Gasteiger charge is 2.27. The number of allylic oxidation sites excluding steroid dienone is 2. The molecule has 8 heavy (non-hydrogen) atoms. The van der Waals surface area contributed by atoms with Gasteiger partial charge in [-0.15, -0.1) is 0 Å². The van der Waals surface area contributed by atoms with Gasteiger partial charge in [-0.25, -0.2) is 0 Å². The highest BCUT2D eigenvalue weighted by atomic mass is 14.9. The van der Waals surface area contributed by atoms with E-state index in [0.29, 0.717) is 6.04 Å². The lowest BCUT2D eigenvalue weighted by Gasteiger charge is -1.88. The Hall–Kier alpha value is -0.720. The number of rotatable bonds is 0. The van der Waals surface area contributed by atoms with E-state index in [0.717, 1.165) is 6.42 Å². The monoisotopic (exact) mass is 107 g/mol. The van der Waals surface area contributed by atoms with Gasteiger partial charge in [0.25, 0.3) is 0 Å². The first-order valence-corrected chi connectivity index (χ1v) is 3.07. The van der Waals surface area contributed by atoms with Gasteiger partial charge in [-0.05, 0) is 24.6 Å². The zero-order valence-corrected chi connectivity index (χ0v) is 4.72. The van der Waals surface area contributed by atoms with E-state index in [1.54, 1.807) is 5.57 Å². The number of hydrogen-bond donors (Lipinski definition) is 1. The molecule has 1 fully saturated rings. The van der Waals surface area contributed by atoms with E-state index in [2.05, 4.69) is 23.7 Å². The molecule has 1 atom stereocenters. The smallest absolute Gasteiger partial charge is 0.0507 e. The number of hydrogen-bond acceptors (Lipinski definition) is 1. The van der Waals surface area contributed by atoms with Gasteiger partial charge in [-0.1, -0.05) is 12.2 Å². The fraction of sp³-hybridized carbons (Fsp3) is 0.429. The van der Waals surface area contributed by atoms with Crippen LogP contribution in [0.5, 0.6) is 0 Å². The molecule has 0 aromatic heterocycles. The molecule has 2 rings (SSSR count). The fourth-order valence-electron chi connectivity index (χ4n) is 1.04. The molecule has 0 aromatic rings. The average molecular weight is 107 g/mol. The average Bonchev–Trinajstić information content (AvgIpc) is 2.36. The van der Waals surface area contributed by atoms with Crippen LogP contribution >= 0.6 is 0 Å². The first kappa shape index (κ1) is 4.19. The van der Waals surface area contributed by atoms with Crippen LogP contribution < -0.4 is 5.32 Å². The summed E-state index contributed by atoms with van der Waals surface area (Å²) in [6.07, 6.45) is 8.92. The molecule has 0 spiro atoms. The molecule has 0 radical (unpaired) electrons. The van der Waals surface area contributed by atoms with Crippen LogP contribution in [0.25, 0.3) is 0 Å². The minimum Gasteiger partial charge on any atom is -0.384 e. The molecule has 0 bridgehead atoms. The largest absolute Gasteiger partial charge is 0.384 e. The zero-order chi connectivity index (χ0) is 5.40. The van der Waals surface area contributed by atoms with Crippen LogP contribution in [-0.4, -0.2) is 6.04 Å². The van der Waals surface area contributed by atoms with Crippen molar-refractivity contribution >= 4 is 0 Å². The molecule has 1 saturated carbocycles. The van der Waals surface area contributed by atoms with E-state index in [1.807, 2.05) is 0 Å². The van der Waals surface area contributed by atoms with Gasteiger partial charge in [-0.3, -0.25) is 0 Å². The van der Waals surface area contributed by atoms with Gasteiger partial charge >= 0.3 is 0 Å². The topological polar surface area (TPSA) is 12.0 Å². The lowest BCUT2D eigenvalue weighted by atomic mass is 10.4. The van der Waals surface area contributed by atoms with Crippen molar-refractivity contribution < 1.29 is 0 Å². The molecular formula is C7H9N. The van der Waals surface area contributed by atoms with Crippen molar-refractivity contribution in [2.24, 2.45) is 0 Å². The van der Waals surface area contributed by atoms with Gasteiger partial charge in [0.1, 0.15) is 0 Å². The Kier molecular flexibility index (Phi) is 0.720. The van der Waals surface area contributed by atoms with Crippen LogP contribution in [0.4, 0.5) is 0 Å². The summed E-state index contributed by atoms with van der Waals surface area (Å²) in [5.74, 6) is 0. The first-order valence-electron chi connectivity index (χ1n) is 3.07. The SMILES string of the molecule is C1=CNC2CC2=CC1. The summed E-state index contributed by atoms with van der Waals surface area (Å²) in [6, 6.07) is 0.716. The number of fused-ring (bicyclic) bond motifs is 1. The molecule has 1 heterocycles. The van der Waals surface area contributed by atoms with Crippen molar-refractivity contribution in [3.63, 3.8) is 0 Å². The third-order valence-corrected chi connectivity index (χ3v) is 1.66. The lowest BCUT2D eigenvalue weighted by molar-refractivity contribution is 0.887. The predicted molar refractivity (Wildman–Crippen MR) is 33.4 cm³/mol. The van der Waals surface area contributed by atoms with E-state index in [9.17, 15) is 0 Å². The first-order chi connectivity index (χ1) is 3.97. The third kappa shape index (κ3) is 0.548. The number of nitrogens with one attached hydrogen (secondary N) is 1. The Morgan fingerprint density at radius 1 is 1.62 bits per heavy atom. The van der Waals surface area contributed by atoms with E-state index >= 15 is 0 Å². The second-order valence-corrected chi connectivity index (χ2v) is 2.34. The van der Waals surface area contributed by atoms with Gasteiger partial charge in [0.2, 0.25) is 0 Å². The minimum atomic E-state index is 0.716. The Morgan fingerprint density at radius 3 is 3.62 bits per heavy atom. The molecule has 0 saturated heterocycles. The van der Waals surface area contributed by atoms with E-state index < -0.39 is 0 Å². The highest BCUT2D eigenvalue weighted by Crippen LogP contribution is 2.30. The van der Waals surface area contributed by atoms with E-state index in [-0.39, 0.29) is 0 Å². The molecule has 1 heteroatoms. The maximum atomic E-state index is 3.27. The molecule has 1 nitrogen and oxygen atoms in total. The van der Waals surface area contributed by atoms with E-state index in [1.165, 1.54) is 6.42 Å². The summed E-state index contributed by atoms with van der Waals surface area (Å²) in [5.41, 5.74) is 1.59. The van der Waals surface area contributed by atoms with Gasteiger partial charge in [0.05, 0.1) is 6.04 Å². The molecule has 1 unspecified atom stereocenters. The maximum absolute atomic E-state index is 3.27. The van der Waals surface area contributed by atoms with Crippen molar-refractivity contribution in [2.45, 2.75) is 18.9 Å². The van der Waals surface area contributed by atoms with Crippen LogP contribution in [0.3, 0.4) is 0 Å². The van der Waals surface area contributed by atoms with Crippen molar-refractivity contribution in [3.05, 3.63) is 23.9 Å².